The highest BCUT2D eigenvalue weighted by atomic mass is 16.5. The molecule has 2 atom stereocenters. The van der Waals surface area contributed by atoms with Crippen molar-refractivity contribution in [2.24, 2.45) is 5.92 Å². The summed E-state index contributed by atoms with van der Waals surface area (Å²) in [5.41, 5.74) is 0. The van der Waals surface area contributed by atoms with Gasteiger partial charge < -0.3 is 9.47 Å². The van der Waals surface area contributed by atoms with Crippen LogP contribution in [0.3, 0.4) is 0 Å². The molecule has 11 heavy (non-hydrogen) atoms. The Morgan fingerprint density at radius 1 is 1.27 bits per heavy atom. The van der Waals surface area contributed by atoms with Crippen LogP contribution in [0.2, 0.25) is 0 Å². The third kappa shape index (κ3) is 1.74. The molecular formula is C9H16O2. The number of ether oxygens (including phenoxy) is 2. The molecular weight excluding hydrogens is 140 g/mol. The van der Waals surface area contributed by atoms with Crippen LogP contribution in [0.15, 0.2) is 0 Å². The van der Waals surface area contributed by atoms with E-state index in [0.717, 1.165) is 19.1 Å². The monoisotopic (exact) mass is 156 g/mol. The van der Waals surface area contributed by atoms with E-state index in [2.05, 4.69) is 6.92 Å². The van der Waals surface area contributed by atoms with Crippen LogP contribution in [-0.2, 0) is 9.47 Å². The molecule has 2 aliphatic rings. The van der Waals surface area contributed by atoms with Crippen LogP contribution < -0.4 is 0 Å². The van der Waals surface area contributed by atoms with Crippen LogP contribution in [0.5, 0.6) is 0 Å². The molecule has 0 spiro atoms. The first kappa shape index (κ1) is 7.56. The fraction of sp³-hybridized carbons (Fsp3) is 1.00. The molecule has 0 saturated carbocycles. The summed E-state index contributed by atoms with van der Waals surface area (Å²) in [5, 5.41) is 0. The predicted octanol–water partition coefficient (Wildman–Crippen LogP) is 1.59. The molecule has 0 aromatic carbocycles. The molecule has 2 fully saturated rings. The minimum absolute atomic E-state index is 0.501. The fourth-order valence-electron chi connectivity index (χ4n) is 1.85. The molecule has 0 aliphatic carbocycles. The van der Waals surface area contributed by atoms with Crippen molar-refractivity contribution in [1.29, 1.82) is 0 Å². The largest absolute Gasteiger partial charge is 0.381 e. The van der Waals surface area contributed by atoms with E-state index < -0.39 is 0 Å². The normalized spacial score (nSPS) is 39.0. The second-order valence-corrected chi connectivity index (χ2v) is 3.79. The van der Waals surface area contributed by atoms with Gasteiger partial charge >= 0.3 is 0 Å². The zero-order valence-electron chi connectivity index (χ0n) is 7.08. The summed E-state index contributed by atoms with van der Waals surface area (Å²) in [5.74, 6) is 0.797. The summed E-state index contributed by atoms with van der Waals surface area (Å²) in [6.07, 6.45) is 4.78. The van der Waals surface area contributed by atoms with Gasteiger partial charge in [-0.2, -0.15) is 0 Å². The van der Waals surface area contributed by atoms with Crippen LogP contribution in [0.4, 0.5) is 0 Å². The Morgan fingerprint density at radius 3 is 2.55 bits per heavy atom. The lowest BCUT2D eigenvalue weighted by atomic mass is 9.98. The van der Waals surface area contributed by atoms with Gasteiger partial charge in [-0.3, -0.25) is 0 Å². The van der Waals surface area contributed by atoms with E-state index in [9.17, 15) is 0 Å². The molecule has 0 aromatic heterocycles. The highest BCUT2D eigenvalue weighted by molar-refractivity contribution is 4.76. The van der Waals surface area contributed by atoms with Crippen LogP contribution >= 0.6 is 0 Å². The van der Waals surface area contributed by atoms with Crippen molar-refractivity contribution >= 4 is 0 Å². The van der Waals surface area contributed by atoms with Crippen molar-refractivity contribution in [2.45, 2.75) is 38.4 Å². The lowest BCUT2D eigenvalue weighted by Crippen LogP contribution is -2.31. The summed E-state index contributed by atoms with van der Waals surface area (Å²) in [6.45, 7) is 4.10. The van der Waals surface area contributed by atoms with Gasteiger partial charge in [-0.1, -0.05) is 0 Å². The van der Waals surface area contributed by atoms with E-state index >= 15 is 0 Å². The molecule has 64 valence electrons. The summed E-state index contributed by atoms with van der Waals surface area (Å²) >= 11 is 0. The van der Waals surface area contributed by atoms with E-state index in [-0.39, 0.29) is 0 Å². The van der Waals surface area contributed by atoms with Gasteiger partial charge in [-0.15, -0.1) is 0 Å². The zero-order chi connectivity index (χ0) is 7.68. The van der Waals surface area contributed by atoms with E-state index in [1.54, 1.807) is 0 Å². The molecule has 2 saturated heterocycles. The maximum absolute atomic E-state index is 5.71. The first-order chi connectivity index (χ1) is 5.34. The Balaban J connectivity index is 1.70. The molecule has 0 radical (unpaired) electrons. The fourth-order valence-corrected chi connectivity index (χ4v) is 1.85. The smallest absolute Gasteiger partial charge is 0.0584 e. The van der Waals surface area contributed by atoms with Crippen molar-refractivity contribution < 1.29 is 9.47 Å². The van der Waals surface area contributed by atoms with Gasteiger partial charge in [0, 0.05) is 5.92 Å². The molecule has 2 heterocycles. The first-order valence-corrected chi connectivity index (χ1v) is 4.58. The van der Waals surface area contributed by atoms with E-state index in [1.807, 2.05) is 0 Å². The quantitative estimate of drug-likeness (QED) is 0.604. The molecule has 0 aromatic rings. The number of hydrogen-bond donors (Lipinski definition) is 0. The molecule has 0 N–H and O–H groups in total. The third-order valence-electron chi connectivity index (χ3n) is 2.62. The van der Waals surface area contributed by atoms with Crippen molar-refractivity contribution in [3.8, 4) is 0 Å². The highest BCUT2D eigenvalue weighted by Gasteiger charge is 2.28. The first-order valence-electron chi connectivity index (χ1n) is 4.58. The number of rotatable bonds is 2. The Bertz CT molecular complexity index is 132. The lowest BCUT2D eigenvalue weighted by Gasteiger charge is -2.28. The Hall–Kier alpha value is -0.0800. The van der Waals surface area contributed by atoms with Gasteiger partial charge in [0.15, 0.2) is 0 Å². The SMILES string of the molecule is C[C@@H]1CCC(CC2COC2)O1. The molecule has 2 aliphatic heterocycles. The molecule has 0 bridgehead atoms. The van der Waals surface area contributed by atoms with Crippen molar-refractivity contribution in [1.82, 2.24) is 0 Å². The lowest BCUT2D eigenvalue weighted by molar-refractivity contribution is -0.0618. The maximum Gasteiger partial charge on any atom is 0.0584 e. The predicted molar refractivity (Wildman–Crippen MR) is 42.5 cm³/mol. The van der Waals surface area contributed by atoms with Gasteiger partial charge in [-0.05, 0) is 26.2 Å². The van der Waals surface area contributed by atoms with Crippen LogP contribution in [0.1, 0.15) is 26.2 Å². The molecule has 0 amide bonds. The molecule has 1 unspecified atom stereocenters. The van der Waals surface area contributed by atoms with E-state index in [1.165, 1.54) is 19.3 Å². The average molecular weight is 156 g/mol. The van der Waals surface area contributed by atoms with Crippen LogP contribution in [0, 0.1) is 5.92 Å². The van der Waals surface area contributed by atoms with Gasteiger partial charge in [-0.25, -0.2) is 0 Å². The van der Waals surface area contributed by atoms with Gasteiger partial charge in [0.2, 0.25) is 0 Å². The molecule has 2 nitrogen and oxygen atoms in total. The minimum Gasteiger partial charge on any atom is -0.381 e. The zero-order valence-corrected chi connectivity index (χ0v) is 7.08. The second kappa shape index (κ2) is 3.11. The Labute approximate surface area is 67.9 Å². The summed E-state index contributed by atoms with van der Waals surface area (Å²) < 4.78 is 10.8. The second-order valence-electron chi connectivity index (χ2n) is 3.79. The van der Waals surface area contributed by atoms with Crippen molar-refractivity contribution in [3.05, 3.63) is 0 Å². The Morgan fingerprint density at radius 2 is 2.09 bits per heavy atom. The van der Waals surface area contributed by atoms with Gasteiger partial charge in [0.1, 0.15) is 0 Å². The molecule has 2 heteroatoms. The maximum atomic E-state index is 5.71. The van der Waals surface area contributed by atoms with E-state index in [0.29, 0.717) is 12.2 Å². The summed E-state index contributed by atoms with van der Waals surface area (Å²) in [6, 6.07) is 0. The topological polar surface area (TPSA) is 18.5 Å². The summed E-state index contributed by atoms with van der Waals surface area (Å²) in [7, 11) is 0. The average Bonchev–Trinajstić information content (AvgIpc) is 2.27. The van der Waals surface area contributed by atoms with Crippen LogP contribution in [-0.4, -0.2) is 25.4 Å². The standard InChI is InChI=1S/C9H16O2/c1-7-2-3-9(11-7)4-8-5-10-6-8/h7-9H,2-6H2,1H3/t7-,9?/m1/s1. The van der Waals surface area contributed by atoms with Crippen molar-refractivity contribution in [2.75, 3.05) is 13.2 Å². The number of hydrogen-bond acceptors (Lipinski definition) is 2. The third-order valence-corrected chi connectivity index (χ3v) is 2.62. The highest BCUT2D eigenvalue weighted by Crippen LogP contribution is 2.27. The van der Waals surface area contributed by atoms with Crippen molar-refractivity contribution in [3.63, 3.8) is 0 Å². The Kier molecular flexibility index (Phi) is 2.14. The van der Waals surface area contributed by atoms with Gasteiger partial charge in [0.05, 0.1) is 25.4 Å². The summed E-state index contributed by atoms with van der Waals surface area (Å²) in [4.78, 5) is 0. The molecule has 2 rings (SSSR count). The minimum atomic E-state index is 0.501. The van der Waals surface area contributed by atoms with Crippen LogP contribution in [0.25, 0.3) is 0 Å². The van der Waals surface area contributed by atoms with E-state index in [4.69, 9.17) is 9.47 Å². The van der Waals surface area contributed by atoms with Gasteiger partial charge in [0.25, 0.3) is 0 Å².